The molecule has 168 valence electrons. The average molecular weight is 444 g/mol. The first-order valence-electron chi connectivity index (χ1n) is 8.92. The molecule has 0 aliphatic rings. The first-order chi connectivity index (χ1) is 14.4. The summed E-state index contributed by atoms with van der Waals surface area (Å²) < 4.78 is 46.3. The highest BCUT2D eigenvalue weighted by Crippen LogP contribution is 2.40. The van der Waals surface area contributed by atoms with Crippen LogP contribution in [-0.2, 0) is 17.4 Å². The van der Waals surface area contributed by atoms with E-state index < -0.39 is 53.1 Å². The van der Waals surface area contributed by atoms with Gasteiger partial charge in [-0.1, -0.05) is 0 Å². The normalized spacial score (nSPS) is 13.4. The summed E-state index contributed by atoms with van der Waals surface area (Å²) in [4.78, 5) is 38.0. The third kappa shape index (κ3) is 5.17. The number of imidazole rings is 1. The molecule has 0 aliphatic heterocycles. The molecule has 2 N–H and O–H groups in total. The summed E-state index contributed by atoms with van der Waals surface area (Å²) in [5, 5.41) is 23.5. The number of aliphatic hydroxyl groups is 1. The number of esters is 1. The maximum Gasteiger partial charge on any atom is 0.424 e. The van der Waals surface area contributed by atoms with E-state index in [-0.39, 0.29) is 17.7 Å². The smallest absolute Gasteiger partial charge is 0.424 e. The van der Waals surface area contributed by atoms with Gasteiger partial charge >= 0.3 is 12.1 Å². The fourth-order valence-corrected chi connectivity index (χ4v) is 2.78. The molecule has 0 spiro atoms. The fraction of sp³-hybridized carbons (Fsp3) is 0.389. The van der Waals surface area contributed by atoms with Gasteiger partial charge in [-0.2, -0.15) is 13.2 Å². The number of carbonyl (C=O) groups is 2. The zero-order valence-corrected chi connectivity index (χ0v) is 16.5. The van der Waals surface area contributed by atoms with Crippen LogP contribution >= 0.6 is 0 Å². The van der Waals surface area contributed by atoms with Gasteiger partial charge in [0.1, 0.15) is 5.82 Å². The van der Waals surface area contributed by atoms with Gasteiger partial charge in [-0.05, 0) is 13.0 Å². The number of alkyl halides is 3. The largest absolute Gasteiger partial charge is 0.462 e. The molecule has 1 aromatic heterocycles. The Bertz CT molecular complexity index is 991. The Morgan fingerprint density at radius 1 is 1.29 bits per heavy atom. The van der Waals surface area contributed by atoms with Gasteiger partial charge in [0.05, 0.1) is 17.1 Å². The quantitative estimate of drug-likeness (QED) is 0.361. The summed E-state index contributed by atoms with van der Waals surface area (Å²) in [6.07, 6.45) is -3.73. The number of ether oxygens (including phenoxy) is 1. The lowest BCUT2D eigenvalue weighted by atomic mass is 9.97. The Morgan fingerprint density at radius 3 is 2.45 bits per heavy atom. The van der Waals surface area contributed by atoms with Crippen molar-refractivity contribution in [1.29, 1.82) is 0 Å². The molecule has 1 atom stereocenters. The van der Waals surface area contributed by atoms with Crippen LogP contribution in [0.3, 0.4) is 0 Å². The van der Waals surface area contributed by atoms with E-state index >= 15 is 0 Å². The number of aromatic nitrogens is 2. The Labute approximate surface area is 173 Å². The van der Waals surface area contributed by atoms with Crippen LogP contribution in [0.4, 0.5) is 18.9 Å². The number of nitro benzene ring substituents is 1. The SMILES string of the molecule is CCOC(=O)c1cc(C(=O)NCCC(O)(c2nccn2C)C(F)(F)F)cc([N+](=O)[O-])c1. The van der Waals surface area contributed by atoms with E-state index in [0.29, 0.717) is 0 Å². The van der Waals surface area contributed by atoms with Crippen molar-refractivity contribution in [1.82, 2.24) is 14.9 Å². The van der Waals surface area contributed by atoms with E-state index in [2.05, 4.69) is 10.3 Å². The van der Waals surface area contributed by atoms with Crippen molar-refractivity contribution in [2.45, 2.75) is 25.1 Å². The predicted octanol–water partition coefficient (Wildman–Crippen LogP) is 2.07. The standard InChI is InChI=1S/C18H19F3N4O6/c1-3-31-15(27)12-8-11(9-13(10-12)25(29)30)14(26)22-5-4-17(28,18(19,20)21)16-23-6-7-24(16)2/h6-10,28H,3-5H2,1-2H3,(H,22,26). The summed E-state index contributed by atoms with van der Waals surface area (Å²) in [5.41, 5.74) is -4.50. The summed E-state index contributed by atoms with van der Waals surface area (Å²) in [6.45, 7) is 0.873. The number of halogens is 3. The predicted molar refractivity (Wildman–Crippen MR) is 99.2 cm³/mol. The van der Waals surface area contributed by atoms with Crippen LogP contribution in [0, 0.1) is 10.1 Å². The van der Waals surface area contributed by atoms with Gasteiger partial charge in [0, 0.05) is 50.1 Å². The summed E-state index contributed by atoms with van der Waals surface area (Å²) in [5.74, 6) is -2.53. The number of hydrogen-bond acceptors (Lipinski definition) is 7. The maximum absolute atomic E-state index is 13.5. The van der Waals surface area contributed by atoms with Crippen LogP contribution in [0.1, 0.15) is 39.9 Å². The van der Waals surface area contributed by atoms with Crippen molar-refractivity contribution >= 4 is 17.6 Å². The van der Waals surface area contributed by atoms with Crippen molar-refractivity contribution in [2.24, 2.45) is 7.05 Å². The van der Waals surface area contributed by atoms with Gasteiger partial charge in [0.15, 0.2) is 0 Å². The molecule has 0 saturated carbocycles. The molecular formula is C18H19F3N4O6. The number of benzene rings is 1. The first-order valence-corrected chi connectivity index (χ1v) is 8.92. The number of rotatable bonds is 8. The van der Waals surface area contributed by atoms with E-state index in [9.17, 15) is 38.0 Å². The average Bonchev–Trinajstić information content (AvgIpc) is 3.13. The zero-order valence-electron chi connectivity index (χ0n) is 16.5. The minimum Gasteiger partial charge on any atom is -0.462 e. The van der Waals surface area contributed by atoms with E-state index in [0.717, 1.165) is 29.0 Å². The van der Waals surface area contributed by atoms with Gasteiger partial charge in [-0.25, -0.2) is 9.78 Å². The van der Waals surface area contributed by atoms with Gasteiger partial charge in [0.25, 0.3) is 11.6 Å². The highest BCUT2D eigenvalue weighted by Gasteiger charge is 2.57. The number of aryl methyl sites for hydroxylation is 1. The molecule has 1 unspecified atom stereocenters. The van der Waals surface area contributed by atoms with Gasteiger partial charge in [-0.3, -0.25) is 14.9 Å². The van der Waals surface area contributed by atoms with Crippen molar-refractivity contribution < 1.29 is 37.5 Å². The third-order valence-electron chi connectivity index (χ3n) is 4.33. The molecule has 1 heterocycles. The van der Waals surface area contributed by atoms with Crippen LogP contribution in [0.2, 0.25) is 0 Å². The summed E-state index contributed by atoms with van der Waals surface area (Å²) in [6, 6.07) is 2.81. The molecule has 0 fully saturated rings. The summed E-state index contributed by atoms with van der Waals surface area (Å²) >= 11 is 0. The Kier molecular flexibility index (Phi) is 7.00. The number of non-ortho nitro benzene ring substituents is 1. The Hall–Kier alpha value is -3.48. The van der Waals surface area contributed by atoms with Crippen molar-refractivity contribution in [3.8, 4) is 0 Å². The molecule has 10 nitrogen and oxygen atoms in total. The first kappa shape index (κ1) is 23.8. The lowest BCUT2D eigenvalue weighted by Gasteiger charge is -2.30. The third-order valence-corrected chi connectivity index (χ3v) is 4.33. The number of nitro groups is 1. The topological polar surface area (TPSA) is 137 Å². The molecule has 2 aromatic rings. The van der Waals surface area contributed by atoms with Crippen molar-refractivity contribution in [3.63, 3.8) is 0 Å². The highest BCUT2D eigenvalue weighted by atomic mass is 19.4. The number of hydrogen-bond donors (Lipinski definition) is 2. The number of carbonyl (C=O) groups excluding carboxylic acids is 2. The van der Waals surface area contributed by atoms with E-state index in [1.54, 1.807) is 0 Å². The molecule has 0 radical (unpaired) electrons. The monoisotopic (exact) mass is 444 g/mol. The van der Waals surface area contributed by atoms with Crippen molar-refractivity contribution in [3.05, 3.63) is 57.7 Å². The molecule has 1 aromatic carbocycles. The van der Waals surface area contributed by atoms with E-state index in [1.807, 2.05) is 0 Å². The number of nitrogens with one attached hydrogen (secondary N) is 1. The van der Waals surface area contributed by atoms with Crippen molar-refractivity contribution in [2.75, 3.05) is 13.2 Å². The Morgan fingerprint density at radius 2 is 1.94 bits per heavy atom. The molecule has 1 amide bonds. The van der Waals surface area contributed by atoms with E-state index in [4.69, 9.17) is 4.74 Å². The second-order valence-corrected chi connectivity index (χ2v) is 6.47. The van der Waals surface area contributed by atoms with E-state index in [1.165, 1.54) is 20.2 Å². The maximum atomic E-state index is 13.5. The zero-order chi connectivity index (χ0) is 23.4. The second kappa shape index (κ2) is 9.12. The van der Waals surface area contributed by atoms with Crippen LogP contribution in [0.15, 0.2) is 30.6 Å². The van der Waals surface area contributed by atoms with Gasteiger partial charge in [0.2, 0.25) is 5.60 Å². The Balaban J connectivity index is 2.22. The van der Waals surface area contributed by atoms with Gasteiger partial charge < -0.3 is 19.7 Å². The van der Waals surface area contributed by atoms with Gasteiger partial charge in [-0.15, -0.1) is 0 Å². The second-order valence-electron chi connectivity index (χ2n) is 6.47. The molecule has 0 bridgehead atoms. The molecule has 0 aliphatic carbocycles. The molecule has 31 heavy (non-hydrogen) atoms. The van der Waals surface area contributed by atoms with Crippen LogP contribution in [0.25, 0.3) is 0 Å². The van der Waals surface area contributed by atoms with Crippen LogP contribution in [-0.4, -0.2) is 50.8 Å². The lowest BCUT2D eigenvalue weighted by molar-refractivity contribution is -0.384. The molecular weight excluding hydrogens is 425 g/mol. The molecule has 13 heteroatoms. The lowest BCUT2D eigenvalue weighted by Crippen LogP contribution is -2.46. The molecule has 2 rings (SSSR count). The minimum atomic E-state index is -5.08. The molecule has 0 saturated heterocycles. The number of amides is 1. The summed E-state index contributed by atoms with van der Waals surface area (Å²) in [7, 11) is 1.28. The number of nitrogens with zero attached hydrogens (tertiary/aromatic N) is 3. The minimum absolute atomic E-state index is 0.00767. The highest BCUT2D eigenvalue weighted by molar-refractivity contribution is 5.99. The van der Waals surface area contributed by atoms with Crippen LogP contribution in [0.5, 0.6) is 0 Å². The fourth-order valence-electron chi connectivity index (χ4n) is 2.78. The van der Waals surface area contributed by atoms with Crippen LogP contribution < -0.4 is 5.32 Å².